The summed E-state index contributed by atoms with van der Waals surface area (Å²) in [7, 11) is -2.96. The Bertz CT molecular complexity index is 826. The third kappa shape index (κ3) is 3.10. The molecule has 0 unspecified atom stereocenters. The zero-order chi connectivity index (χ0) is 15.6. The Morgan fingerprint density at radius 2 is 2.00 bits per heavy atom. The van der Waals surface area contributed by atoms with Crippen LogP contribution < -0.4 is 5.32 Å². The molecule has 2 aromatic rings. The second-order valence-corrected chi connectivity index (χ2v) is 7.57. The summed E-state index contributed by atoms with van der Waals surface area (Å²) in [5.74, 6) is 0.735. The second-order valence-electron chi connectivity index (χ2n) is 5.34. The van der Waals surface area contributed by atoms with E-state index in [0.717, 1.165) is 11.1 Å². The number of anilines is 1. The Balaban J connectivity index is 1.86. The molecule has 1 N–H and O–H groups in total. The first-order chi connectivity index (χ1) is 10.6. The van der Waals surface area contributed by atoms with Crippen molar-refractivity contribution in [3.05, 3.63) is 48.2 Å². The van der Waals surface area contributed by atoms with E-state index in [0.29, 0.717) is 17.8 Å². The summed E-state index contributed by atoms with van der Waals surface area (Å²) in [5.41, 5.74) is 2.27. The molecule has 0 aliphatic carbocycles. The van der Waals surface area contributed by atoms with E-state index in [9.17, 15) is 13.7 Å². The zero-order valence-electron chi connectivity index (χ0n) is 11.9. The molecule has 0 bridgehead atoms. The molecule has 6 heteroatoms. The van der Waals surface area contributed by atoms with Crippen LogP contribution in [0.15, 0.2) is 42.6 Å². The van der Waals surface area contributed by atoms with Crippen LogP contribution in [0.3, 0.4) is 0 Å². The molecule has 1 saturated heterocycles. The van der Waals surface area contributed by atoms with E-state index in [4.69, 9.17) is 0 Å². The standard InChI is InChI=1S/C16H15N3O2S/c17-9-13-8-14(12-4-2-1-3-5-12)10-18-16(13)19-15-6-7-22(20,21)11-15/h1-5,8,10,15H,6-7,11H2,(H,18,19)/t15-/m1/s1. The summed E-state index contributed by atoms with van der Waals surface area (Å²) < 4.78 is 23.0. The van der Waals surface area contributed by atoms with Gasteiger partial charge in [0.05, 0.1) is 17.1 Å². The third-order valence-corrected chi connectivity index (χ3v) is 5.46. The molecule has 112 valence electrons. The lowest BCUT2D eigenvalue weighted by Crippen LogP contribution is -2.21. The molecule has 0 spiro atoms. The maximum Gasteiger partial charge on any atom is 0.152 e. The van der Waals surface area contributed by atoms with E-state index >= 15 is 0 Å². The van der Waals surface area contributed by atoms with Gasteiger partial charge in [0.15, 0.2) is 9.84 Å². The van der Waals surface area contributed by atoms with Crippen molar-refractivity contribution in [2.24, 2.45) is 0 Å². The van der Waals surface area contributed by atoms with E-state index in [2.05, 4.69) is 16.4 Å². The molecule has 0 radical (unpaired) electrons. The molecular formula is C16H15N3O2S. The molecule has 22 heavy (non-hydrogen) atoms. The molecule has 1 aliphatic heterocycles. The molecule has 5 nitrogen and oxygen atoms in total. The summed E-state index contributed by atoms with van der Waals surface area (Å²) in [6.45, 7) is 0. The maximum atomic E-state index is 11.5. The summed E-state index contributed by atoms with van der Waals surface area (Å²) in [6.07, 6.45) is 2.25. The van der Waals surface area contributed by atoms with Gasteiger partial charge < -0.3 is 5.32 Å². The summed E-state index contributed by atoms with van der Waals surface area (Å²) in [5, 5.41) is 12.4. The SMILES string of the molecule is N#Cc1cc(-c2ccccc2)cnc1N[C@@H]1CCS(=O)(=O)C1. The molecule has 1 atom stereocenters. The van der Waals surface area contributed by atoms with Crippen LogP contribution in [0, 0.1) is 11.3 Å². The van der Waals surface area contributed by atoms with Gasteiger partial charge in [-0.1, -0.05) is 30.3 Å². The van der Waals surface area contributed by atoms with E-state index in [1.165, 1.54) is 0 Å². The Morgan fingerprint density at radius 1 is 1.23 bits per heavy atom. The van der Waals surface area contributed by atoms with Crippen LogP contribution in [0.25, 0.3) is 11.1 Å². The van der Waals surface area contributed by atoms with Crippen molar-refractivity contribution < 1.29 is 8.42 Å². The fourth-order valence-electron chi connectivity index (χ4n) is 2.56. The highest BCUT2D eigenvalue weighted by Crippen LogP contribution is 2.24. The zero-order valence-corrected chi connectivity index (χ0v) is 12.7. The summed E-state index contributed by atoms with van der Waals surface area (Å²) in [4.78, 5) is 4.31. The fraction of sp³-hybridized carbons (Fsp3) is 0.250. The van der Waals surface area contributed by atoms with Crippen LogP contribution in [-0.2, 0) is 9.84 Å². The van der Waals surface area contributed by atoms with Crippen molar-refractivity contribution in [3.63, 3.8) is 0 Å². The van der Waals surface area contributed by atoms with Crippen LogP contribution in [0.1, 0.15) is 12.0 Å². The van der Waals surface area contributed by atoms with Crippen molar-refractivity contribution in [2.45, 2.75) is 12.5 Å². The molecule has 0 saturated carbocycles. The second kappa shape index (κ2) is 5.78. The molecule has 2 heterocycles. The Kier molecular flexibility index (Phi) is 3.82. The molecule has 1 fully saturated rings. The molecule has 1 aromatic carbocycles. The van der Waals surface area contributed by atoms with Crippen molar-refractivity contribution in [1.29, 1.82) is 5.26 Å². The average Bonchev–Trinajstić information content (AvgIpc) is 2.87. The maximum absolute atomic E-state index is 11.5. The number of aromatic nitrogens is 1. The first-order valence-electron chi connectivity index (χ1n) is 7.00. The largest absolute Gasteiger partial charge is 0.365 e. The van der Waals surface area contributed by atoms with Gasteiger partial charge in [0, 0.05) is 17.8 Å². The highest BCUT2D eigenvalue weighted by Gasteiger charge is 2.28. The smallest absolute Gasteiger partial charge is 0.152 e. The number of hydrogen-bond acceptors (Lipinski definition) is 5. The van der Waals surface area contributed by atoms with Gasteiger partial charge in [-0.05, 0) is 18.1 Å². The van der Waals surface area contributed by atoms with E-state index in [1.54, 1.807) is 12.3 Å². The van der Waals surface area contributed by atoms with Gasteiger partial charge in [-0.25, -0.2) is 13.4 Å². The van der Waals surface area contributed by atoms with Gasteiger partial charge in [-0.2, -0.15) is 5.26 Å². The highest BCUT2D eigenvalue weighted by molar-refractivity contribution is 7.91. The lowest BCUT2D eigenvalue weighted by molar-refractivity contribution is 0.602. The predicted molar refractivity (Wildman–Crippen MR) is 85.1 cm³/mol. The third-order valence-electron chi connectivity index (χ3n) is 3.69. The first-order valence-corrected chi connectivity index (χ1v) is 8.82. The molecular weight excluding hydrogens is 298 g/mol. The molecule has 0 amide bonds. The summed E-state index contributed by atoms with van der Waals surface area (Å²) in [6, 6.07) is 13.4. The van der Waals surface area contributed by atoms with Crippen LogP contribution in [0.5, 0.6) is 0 Å². The van der Waals surface area contributed by atoms with Crippen LogP contribution in [-0.4, -0.2) is 30.9 Å². The van der Waals surface area contributed by atoms with Gasteiger partial charge in [0.1, 0.15) is 11.9 Å². The van der Waals surface area contributed by atoms with Crippen LogP contribution in [0.2, 0.25) is 0 Å². The van der Waals surface area contributed by atoms with Crippen molar-refractivity contribution in [2.75, 3.05) is 16.8 Å². The van der Waals surface area contributed by atoms with Gasteiger partial charge in [-0.15, -0.1) is 0 Å². The fourth-order valence-corrected chi connectivity index (χ4v) is 4.23. The number of hydrogen-bond donors (Lipinski definition) is 1. The van der Waals surface area contributed by atoms with Crippen LogP contribution >= 0.6 is 0 Å². The number of nitrogens with one attached hydrogen (secondary N) is 1. The highest BCUT2D eigenvalue weighted by atomic mass is 32.2. The first kappa shape index (κ1) is 14.5. The van der Waals surface area contributed by atoms with Crippen molar-refractivity contribution >= 4 is 15.7 Å². The Hall–Kier alpha value is -2.39. The lowest BCUT2D eigenvalue weighted by Gasteiger charge is -2.13. The van der Waals surface area contributed by atoms with E-state index in [-0.39, 0.29) is 17.5 Å². The number of nitrogens with zero attached hydrogens (tertiary/aromatic N) is 2. The minimum absolute atomic E-state index is 0.0972. The lowest BCUT2D eigenvalue weighted by atomic mass is 10.1. The van der Waals surface area contributed by atoms with E-state index < -0.39 is 9.84 Å². The molecule has 1 aromatic heterocycles. The van der Waals surface area contributed by atoms with Gasteiger partial charge in [0.25, 0.3) is 0 Å². The number of nitriles is 1. The quantitative estimate of drug-likeness (QED) is 0.939. The van der Waals surface area contributed by atoms with E-state index in [1.807, 2.05) is 30.3 Å². The minimum atomic E-state index is -2.96. The molecule has 1 aliphatic rings. The topological polar surface area (TPSA) is 82.8 Å². The number of pyridine rings is 1. The van der Waals surface area contributed by atoms with Gasteiger partial charge in [0.2, 0.25) is 0 Å². The van der Waals surface area contributed by atoms with Gasteiger partial charge >= 0.3 is 0 Å². The van der Waals surface area contributed by atoms with Crippen LogP contribution in [0.4, 0.5) is 5.82 Å². The Morgan fingerprint density at radius 3 is 2.64 bits per heavy atom. The monoisotopic (exact) mass is 313 g/mol. The predicted octanol–water partition coefficient (Wildman–Crippen LogP) is 2.22. The number of benzene rings is 1. The molecule has 3 rings (SSSR count). The van der Waals surface area contributed by atoms with Crippen molar-refractivity contribution in [1.82, 2.24) is 4.98 Å². The Labute approximate surface area is 129 Å². The summed E-state index contributed by atoms with van der Waals surface area (Å²) >= 11 is 0. The minimum Gasteiger partial charge on any atom is -0.365 e. The number of rotatable bonds is 3. The van der Waals surface area contributed by atoms with Crippen molar-refractivity contribution in [3.8, 4) is 17.2 Å². The van der Waals surface area contributed by atoms with Gasteiger partial charge in [-0.3, -0.25) is 0 Å². The average molecular weight is 313 g/mol. The number of sulfone groups is 1. The normalized spacial score (nSPS) is 19.5.